The zero-order chi connectivity index (χ0) is 21.6. The highest BCUT2D eigenvalue weighted by Gasteiger charge is 2.74. The molecule has 0 aromatic rings. The topological polar surface area (TPSA) is 98.2 Å². The maximum Gasteiger partial charge on any atom is 0.308 e. The number of carbonyl (C=O) groups is 3. The van der Waals surface area contributed by atoms with Crippen molar-refractivity contribution in [3.63, 3.8) is 0 Å². The van der Waals surface area contributed by atoms with Gasteiger partial charge in [0.05, 0.1) is 16.6 Å². The Morgan fingerprint density at radius 2 is 2.07 bits per heavy atom. The summed E-state index contributed by atoms with van der Waals surface area (Å²) in [6, 6.07) is -0.669. The van der Waals surface area contributed by atoms with E-state index in [2.05, 4.69) is 6.58 Å². The minimum Gasteiger partial charge on any atom is -0.481 e. The van der Waals surface area contributed by atoms with E-state index in [9.17, 15) is 19.5 Å². The Labute approximate surface area is 176 Å². The van der Waals surface area contributed by atoms with E-state index in [0.29, 0.717) is 32.4 Å². The molecule has 2 unspecified atom stereocenters. The summed E-state index contributed by atoms with van der Waals surface area (Å²) in [6.07, 6.45) is 4.20. The highest BCUT2D eigenvalue weighted by Crippen LogP contribution is 2.66. The third-order valence-electron chi connectivity index (χ3n) is 6.51. The summed E-state index contributed by atoms with van der Waals surface area (Å²) in [5.74, 6) is -2.67. The maximum absolute atomic E-state index is 13.8. The summed E-state index contributed by atoms with van der Waals surface area (Å²) in [5, 5.41) is 18.9. The molecule has 0 aromatic heterocycles. The Morgan fingerprint density at radius 3 is 2.62 bits per heavy atom. The van der Waals surface area contributed by atoms with Gasteiger partial charge < -0.3 is 20.0 Å². The lowest BCUT2D eigenvalue weighted by atomic mass is 9.71. The lowest BCUT2D eigenvalue weighted by Gasteiger charge is -2.42. The van der Waals surface area contributed by atoms with Crippen LogP contribution in [-0.2, 0) is 14.4 Å². The minimum absolute atomic E-state index is 0.0222. The van der Waals surface area contributed by atoms with Crippen LogP contribution in [0.1, 0.15) is 46.5 Å². The van der Waals surface area contributed by atoms with Crippen LogP contribution in [0.15, 0.2) is 12.7 Å². The molecule has 0 aliphatic carbocycles. The molecule has 3 aliphatic rings. The van der Waals surface area contributed by atoms with Crippen molar-refractivity contribution in [2.24, 2.45) is 11.8 Å². The molecule has 2 N–H and O–H groups in total. The van der Waals surface area contributed by atoms with E-state index in [1.165, 1.54) is 0 Å². The molecule has 3 fully saturated rings. The van der Waals surface area contributed by atoms with Gasteiger partial charge in [0, 0.05) is 30.5 Å². The van der Waals surface area contributed by atoms with Crippen molar-refractivity contribution in [3.05, 3.63) is 12.7 Å². The highest BCUT2D eigenvalue weighted by molar-refractivity contribution is 8.02. The second kappa shape index (κ2) is 7.95. The van der Waals surface area contributed by atoms with E-state index in [1.807, 2.05) is 20.8 Å². The van der Waals surface area contributed by atoms with Crippen LogP contribution >= 0.6 is 11.8 Å². The van der Waals surface area contributed by atoms with E-state index in [1.54, 1.807) is 27.6 Å². The second-order valence-electron chi connectivity index (χ2n) is 9.26. The molecule has 1 spiro atoms. The van der Waals surface area contributed by atoms with Gasteiger partial charge in [0.15, 0.2) is 0 Å². The minimum atomic E-state index is -0.940. The van der Waals surface area contributed by atoms with Crippen molar-refractivity contribution in [1.29, 1.82) is 0 Å². The number of carbonyl (C=O) groups excluding carboxylic acids is 2. The molecule has 8 heteroatoms. The molecule has 0 aromatic carbocycles. The summed E-state index contributed by atoms with van der Waals surface area (Å²) in [5.41, 5.74) is -0.451. The van der Waals surface area contributed by atoms with Crippen molar-refractivity contribution in [2.75, 3.05) is 19.7 Å². The molecule has 7 nitrogen and oxygen atoms in total. The zero-order valence-corrected chi connectivity index (χ0v) is 18.3. The van der Waals surface area contributed by atoms with Gasteiger partial charge >= 0.3 is 5.97 Å². The lowest BCUT2D eigenvalue weighted by Crippen LogP contribution is -2.58. The molecule has 5 atom stereocenters. The molecule has 2 bridgehead atoms. The van der Waals surface area contributed by atoms with Crippen molar-refractivity contribution in [1.82, 2.24) is 9.80 Å². The number of fused-ring (bicyclic) bond motifs is 1. The molecule has 3 rings (SSSR count). The summed E-state index contributed by atoms with van der Waals surface area (Å²) in [7, 11) is 0. The standard InChI is InChI=1S/C21H32N2O5S/c1-5-10-23(20(2,3)4)18(26)16-21-9-8-13(29-21)14(19(27)28)15(21)17(25)22(16)11-6-7-12-24/h5,13-16,24H,1,6-12H2,2-4H3,(H,27,28)/t13-,14+,15+,16?,21?/m1/s1. The van der Waals surface area contributed by atoms with Gasteiger partial charge in [-0.2, -0.15) is 0 Å². The summed E-state index contributed by atoms with van der Waals surface area (Å²) < 4.78 is -0.675. The first kappa shape index (κ1) is 22.2. The highest BCUT2D eigenvalue weighted by atomic mass is 32.2. The number of amides is 2. The number of nitrogens with zero attached hydrogens (tertiary/aromatic N) is 2. The third-order valence-corrected chi connectivity index (χ3v) is 8.47. The van der Waals surface area contributed by atoms with Crippen LogP contribution in [0.5, 0.6) is 0 Å². The zero-order valence-electron chi connectivity index (χ0n) is 17.5. The van der Waals surface area contributed by atoms with Crippen molar-refractivity contribution in [2.45, 2.75) is 68.0 Å². The fraction of sp³-hybridized carbons (Fsp3) is 0.762. The number of carboxylic acids is 1. The second-order valence-corrected chi connectivity index (χ2v) is 10.9. The van der Waals surface area contributed by atoms with Gasteiger partial charge in [-0.15, -0.1) is 18.3 Å². The van der Waals surface area contributed by atoms with E-state index in [-0.39, 0.29) is 23.7 Å². The molecule has 3 aliphatic heterocycles. The van der Waals surface area contributed by atoms with Gasteiger partial charge in [-0.3, -0.25) is 14.4 Å². The van der Waals surface area contributed by atoms with Gasteiger partial charge in [-0.1, -0.05) is 6.08 Å². The Morgan fingerprint density at radius 1 is 1.38 bits per heavy atom. The van der Waals surface area contributed by atoms with E-state index in [4.69, 9.17) is 5.11 Å². The number of aliphatic hydroxyl groups excluding tert-OH is 1. The van der Waals surface area contributed by atoms with Crippen molar-refractivity contribution < 1.29 is 24.6 Å². The Hall–Kier alpha value is -1.54. The molecule has 0 radical (unpaired) electrons. The molecule has 162 valence electrons. The SMILES string of the molecule is C=CCN(C(=O)C1N(CCCCO)C(=O)[C@@H]2[C@@H](C(=O)O)[C@H]3CCC12S3)C(C)(C)C. The molecule has 29 heavy (non-hydrogen) atoms. The third kappa shape index (κ3) is 3.48. The van der Waals surface area contributed by atoms with Gasteiger partial charge in [0.25, 0.3) is 0 Å². The van der Waals surface area contributed by atoms with Gasteiger partial charge in [-0.05, 0) is 46.5 Å². The number of unbranched alkanes of at least 4 members (excludes halogenated alkanes) is 1. The number of rotatable bonds is 8. The molecule has 2 amide bonds. The number of likely N-dealkylation sites (tertiary alicyclic amines) is 1. The lowest BCUT2D eigenvalue weighted by molar-refractivity contribution is -0.148. The van der Waals surface area contributed by atoms with Gasteiger partial charge in [0.1, 0.15) is 6.04 Å². The fourth-order valence-electron chi connectivity index (χ4n) is 5.32. The number of hydrogen-bond acceptors (Lipinski definition) is 5. The average molecular weight is 425 g/mol. The molecule has 0 saturated carbocycles. The monoisotopic (exact) mass is 424 g/mol. The van der Waals surface area contributed by atoms with Crippen LogP contribution in [0.2, 0.25) is 0 Å². The summed E-state index contributed by atoms with van der Waals surface area (Å²) >= 11 is 1.55. The van der Waals surface area contributed by atoms with E-state index >= 15 is 0 Å². The maximum atomic E-state index is 13.8. The quantitative estimate of drug-likeness (QED) is 0.455. The Kier molecular flexibility index (Phi) is 6.07. The van der Waals surface area contributed by atoms with Crippen LogP contribution in [0.3, 0.4) is 0 Å². The van der Waals surface area contributed by atoms with Crippen LogP contribution in [-0.4, -0.2) is 79.1 Å². The summed E-state index contributed by atoms with van der Waals surface area (Å²) in [4.78, 5) is 42.6. The average Bonchev–Trinajstić information content (AvgIpc) is 3.26. The first-order valence-electron chi connectivity index (χ1n) is 10.3. The number of aliphatic hydroxyl groups is 1. The van der Waals surface area contributed by atoms with Gasteiger partial charge in [-0.25, -0.2) is 0 Å². The van der Waals surface area contributed by atoms with Crippen LogP contribution in [0, 0.1) is 11.8 Å². The van der Waals surface area contributed by atoms with E-state index in [0.717, 1.165) is 6.42 Å². The van der Waals surface area contributed by atoms with Crippen LogP contribution in [0.4, 0.5) is 0 Å². The summed E-state index contributed by atoms with van der Waals surface area (Å²) in [6.45, 7) is 10.4. The number of carboxylic acid groups (broad SMARTS) is 1. The smallest absolute Gasteiger partial charge is 0.308 e. The Balaban J connectivity index is 2.03. The van der Waals surface area contributed by atoms with Crippen LogP contribution in [0.25, 0.3) is 0 Å². The van der Waals surface area contributed by atoms with Crippen molar-refractivity contribution in [3.8, 4) is 0 Å². The molecular formula is C21H32N2O5S. The largest absolute Gasteiger partial charge is 0.481 e. The van der Waals surface area contributed by atoms with Crippen molar-refractivity contribution >= 4 is 29.5 Å². The number of thioether (sulfide) groups is 1. The van der Waals surface area contributed by atoms with E-state index < -0.39 is 34.1 Å². The predicted molar refractivity (Wildman–Crippen MR) is 111 cm³/mol. The molecule has 3 saturated heterocycles. The normalized spacial score (nSPS) is 33.1. The number of hydrogen-bond donors (Lipinski definition) is 2. The Bertz CT molecular complexity index is 706. The molecule has 3 heterocycles. The number of aliphatic carboxylic acids is 1. The first-order chi connectivity index (χ1) is 13.6. The molecular weight excluding hydrogens is 392 g/mol. The van der Waals surface area contributed by atoms with Crippen LogP contribution < -0.4 is 0 Å². The fourth-order valence-corrected chi connectivity index (χ4v) is 7.53. The first-order valence-corrected chi connectivity index (χ1v) is 11.2. The van der Waals surface area contributed by atoms with Gasteiger partial charge in [0.2, 0.25) is 11.8 Å². The predicted octanol–water partition coefficient (Wildman–Crippen LogP) is 1.75.